The second-order valence-corrected chi connectivity index (χ2v) is 4.61. The van der Waals surface area contributed by atoms with Crippen molar-refractivity contribution in [1.82, 2.24) is 0 Å². The predicted octanol–water partition coefficient (Wildman–Crippen LogP) is 1.10. The lowest BCUT2D eigenvalue weighted by molar-refractivity contribution is -0.386. The van der Waals surface area contributed by atoms with Gasteiger partial charge < -0.3 is 19.9 Å². The van der Waals surface area contributed by atoms with E-state index in [9.17, 15) is 10.1 Å². The van der Waals surface area contributed by atoms with Crippen molar-refractivity contribution in [3.63, 3.8) is 0 Å². The van der Waals surface area contributed by atoms with Crippen molar-refractivity contribution in [2.45, 2.75) is 24.7 Å². The molecule has 1 fully saturated rings. The SMILES string of the molecule is COCCOC1C(N)CC1Oc1ccccc1[N+](=O)[O-]. The number of benzene rings is 1. The van der Waals surface area contributed by atoms with E-state index in [1.807, 2.05) is 0 Å². The molecule has 1 aliphatic rings. The number of methoxy groups -OCH3 is 1. The van der Waals surface area contributed by atoms with E-state index in [0.717, 1.165) is 0 Å². The summed E-state index contributed by atoms with van der Waals surface area (Å²) in [6, 6.07) is 6.17. The van der Waals surface area contributed by atoms with Gasteiger partial charge in [-0.05, 0) is 6.07 Å². The number of nitro groups is 1. The highest BCUT2D eigenvalue weighted by Crippen LogP contribution is 2.32. The van der Waals surface area contributed by atoms with Crippen molar-refractivity contribution in [2.75, 3.05) is 20.3 Å². The van der Waals surface area contributed by atoms with Crippen LogP contribution in [-0.2, 0) is 9.47 Å². The largest absolute Gasteiger partial charge is 0.481 e. The van der Waals surface area contributed by atoms with Crippen LogP contribution in [0.5, 0.6) is 5.75 Å². The average molecular weight is 282 g/mol. The van der Waals surface area contributed by atoms with Crippen LogP contribution >= 0.6 is 0 Å². The summed E-state index contributed by atoms with van der Waals surface area (Å²) in [5, 5.41) is 10.9. The van der Waals surface area contributed by atoms with E-state index in [1.54, 1.807) is 25.3 Å². The number of rotatable bonds is 7. The first-order valence-electron chi connectivity index (χ1n) is 6.39. The molecule has 0 aromatic heterocycles. The molecule has 0 bridgehead atoms. The lowest BCUT2D eigenvalue weighted by Crippen LogP contribution is -2.59. The molecule has 1 aliphatic carbocycles. The molecule has 0 heterocycles. The van der Waals surface area contributed by atoms with Crippen LogP contribution in [-0.4, -0.2) is 43.5 Å². The number of ether oxygens (including phenoxy) is 3. The Labute approximate surface area is 116 Å². The van der Waals surface area contributed by atoms with Crippen molar-refractivity contribution in [1.29, 1.82) is 0 Å². The van der Waals surface area contributed by atoms with Crippen LogP contribution in [0.25, 0.3) is 0 Å². The molecule has 0 saturated heterocycles. The molecule has 0 spiro atoms. The van der Waals surface area contributed by atoms with E-state index < -0.39 is 4.92 Å². The number of nitrogens with zero attached hydrogens (tertiary/aromatic N) is 1. The molecule has 0 amide bonds. The molecular weight excluding hydrogens is 264 g/mol. The Balaban J connectivity index is 1.98. The molecule has 1 aromatic carbocycles. The van der Waals surface area contributed by atoms with Crippen molar-refractivity contribution >= 4 is 5.69 Å². The summed E-state index contributed by atoms with van der Waals surface area (Å²) in [5.41, 5.74) is 5.81. The zero-order chi connectivity index (χ0) is 14.5. The maximum Gasteiger partial charge on any atom is 0.310 e. The van der Waals surface area contributed by atoms with Gasteiger partial charge in [0.25, 0.3) is 0 Å². The van der Waals surface area contributed by atoms with Gasteiger partial charge in [0, 0.05) is 25.6 Å². The molecule has 110 valence electrons. The molecule has 1 saturated carbocycles. The van der Waals surface area contributed by atoms with Crippen LogP contribution in [0.3, 0.4) is 0 Å². The molecule has 7 nitrogen and oxygen atoms in total. The quantitative estimate of drug-likeness (QED) is 0.457. The van der Waals surface area contributed by atoms with E-state index in [-0.39, 0.29) is 29.7 Å². The number of nitrogens with two attached hydrogens (primary N) is 1. The van der Waals surface area contributed by atoms with Gasteiger partial charge in [0.15, 0.2) is 5.75 Å². The van der Waals surface area contributed by atoms with Gasteiger partial charge in [0.05, 0.1) is 18.1 Å². The minimum atomic E-state index is -0.464. The molecule has 7 heteroatoms. The Morgan fingerprint density at radius 2 is 2.15 bits per heavy atom. The van der Waals surface area contributed by atoms with Gasteiger partial charge in [-0.1, -0.05) is 12.1 Å². The van der Waals surface area contributed by atoms with Crippen LogP contribution in [0.15, 0.2) is 24.3 Å². The predicted molar refractivity (Wildman–Crippen MR) is 71.7 cm³/mol. The topological polar surface area (TPSA) is 96.9 Å². The Morgan fingerprint density at radius 1 is 1.40 bits per heavy atom. The highest BCUT2D eigenvalue weighted by Gasteiger charge is 2.42. The van der Waals surface area contributed by atoms with E-state index in [0.29, 0.717) is 19.6 Å². The van der Waals surface area contributed by atoms with Gasteiger partial charge >= 0.3 is 5.69 Å². The summed E-state index contributed by atoms with van der Waals surface area (Å²) in [7, 11) is 1.59. The van der Waals surface area contributed by atoms with E-state index in [1.165, 1.54) is 6.07 Å². The Bertz CT molecular complexity index is 468. The molecule has 20 heavy (non-hydrogen) atoms. The lowest BCUT2D eigenvalue weighted by atomic mass is 9.86. The van der Waals surface area contributed by atoms with E-state index >= 15 is 0 Å². The molecule has 0 aliphatic heterocycles. The monoisotopic (exact) mass is 282 g/mol. The van der Waals surface area contributed by atoms with Gasteiger partial charge in [-0.2, -0.15) is 0 Å². The first kappa shape index (κ1) is 14.7. The fourth-order valence-corrected chi connectivity index (χ4v) is 2.10. The van der Waals surface area contributed by atoms with Gasteiger partial charge in [0.1, 0.15) is 12.2 Å². The summed E-state index contributed by atoms with van der Waals surface area (Å²) in [6.45, 7) is 0.896. The normalized spacial score (nSPS) is 25.0. The standard InChI is InChI=1S/C13H18N2O5/c1-18-6-7-19-13-9(14)8-12(13)20-11-5-3-2-4-10(11)15(16)17/h2-5,9,12-13H,6-8,14H2,1H3. The van der Waals surface area contributed by atoms with Gasteiger partial charge in [-0.15, -0.1) is 0 Å². The third-order valence-electron chi connectivity index (χ3n) is 3.23. The van der Waals surface area contributed by atoms with Gasteiger partial charge in [-0.25, -0.2) is 0 Å². The second-order valence-electron chi connectivity index (χ2n) is 4.61. The minimum Gasteiger partial charge on any atom is -0.481 e. The van der Waals surface area contributed by atoms with Crippen molar-refractivity contribution < 1.29 is 19.1 Å². The number of hydrogen-bond donors (Lipinski definition) is 1. The van der Waals surface area contributed by atoms with Crippen molar-refractivity contribution in [3.05, 3.63) is 34.4 Å². The lowest BCUT2D eigenvalue weighted by Gasteiger charge is -2.41. The Morgan fingerprint density at radius 3 is 2.80 bits per heavy atom. The van der Waals surface area contributed by atoms with Crippen LogP contribution in [0, 0.1) is 10.1 Å². The fourth-order valence-electron chi connectivity index (χ4n) is 2.10. The minimum absolute atomic E-state index is 0.0522. The van der Waals surface area contributed by atoms with Crippen LogP contribution < -0.4 is 10.5 Å². The second kappa shape index (κ2) is 6.65. The third-order valence-corrected chi connectivity index (χ3v) is 3.23. The van der Waals surface area contributed by atoms with Gasteiger partial charge in [-0.3, -0.25) is 10.1 Å². The number of para-hydroxylation sites is 2. The zero-order valence-corrected chi connectivity index (χ0v) is 11.2. The molecule has 0 radical (unpaired) electrons. The average Bonchev–Trinajstić information content (AvgIpc) is 2.43. The summed E-state index contributed by atoms with van der Waals surface area (Å²) >= 11 is 0. The van der Waals surface area contributed by atoms with Gasteiger partial charge in [0.2, 0.25) is 0 Å². The maximum atomic E-state index is 10.9. The zero-order valence-electron chi connectivity index (χ0n) is 11.2. The molecular formula is C13H18N2O5. The van der Waals surface area contributed by atoms with Crippen LogP contribution in [0.1, 0.15) is 6.42 Å². The first-order valence-corrected chi connectivity index (χ1v) is 6.39. The smallest absolute Gasteiger partial charge is 0.310 e. The van der Waals surface area contributed by atoms with E-state index in [2.05, 4.69) is 0 Å². The van der Waals surface area contributed by atoms with E-state index in [4.69, 9.17) is 19.9 Å². The summed E-state index contributed by atoms with van der Waals surface area (Å²) < 4.78 is 16.1. The Kier molecular flexibility index (Phi) is 4.89. The summed E-state index contributed by atoms with van der Waals surface area (Å²) in [5.74, 6) is 0.245. The third kappa shape index (κ3) is 3.24. The van der Waals surface area contributed by atoms with Crippen molar-refractivity contribution in [2.24, 2.45) is 5.73 Å². The highest BCUT2D eigenvalue weighted by molar-refractivity contribution is 5.46. The maximum absolute atomic E-state index is 10.9. The molecule has 3 unspecified atom stereocenters. The van der Waals surface area contributed by atoms with Crippen LogP contribution in [0.2, 0.25) is 0 Å². The summed E-state index contributed by atoms with van der Waals surface area (Å²) in [6.07, 6.45) is 0.0943. The molecule has 3 atom stereocenters. The summed E-state index contributed by atoms with van der Waals surface area (Å²) in [4.78, 5) is 10.5. The highest BCUT2D eigenvalue weighted by atomic mass is 16.6. The molecule has 1 aromatic rings. The van der Waals surface area contributed by atoms with Crippen LogP contribution in [0.4, 0.5) is 5.69 Å². The molecule has 2 rings (SSSR count). The Hall–Kier alpha value is -1.70. The van der Waals surface area contributed by atoms with Crippen molar-refractivity contribution in [3.8, 4) is 5.75 Å². The number of hydrogen-bond acceptors (Lipinski definition) is 6. The fraction of sp³-hybridized carbons (Fsp3) is 0.538. The first-order chi connectivity index (χ1) is 9.63. The number of nitro benzene ring substituents is 1. The molecule has 2 N–H and O–H groups in total.